The van der Waals surface area contributed by atoms with Crippen LogP contribution in [-0.4, -0.2) is 31.5 Å². The number of carboxylic acid groups (broad SMARTS) is 1. The van der Waals surface area contributed by atoms with Crippen molar-refractivity contribution in [3.8, 4) is 0 Å². The third kappa shape index (κ3) is 3.16. The third-order valence-corrected chi connectivity index (χ3v) is 3.54. The zero-order valence-electron chi connectivity index (χ0n) is 9.76. The van der Waals surface area contributed by atoms with Crippen molar-refractivity contribution in [3.05, 3.63) is 11.4 Å². The molecule has 1 aromatic rings. The van der Waals surface area contributed by atoms with E-state index in [9.17, 15) is 4.79 Å². The Morgan fingerprint density at radius 3 is 2.31 bits per heavy atom. The molecule has 0 saturated carbocycles. The van der Waals surface area contributed by atoms with Crippen LogP contribution in [0.25, 0.3) is 0 Å². The Kier molecular flexibility index (Phi) is 4.23. The van der Waals surface area contributed by atoms with Gasteiger partial charge in [-0.2, -0.15) is 5.10 Å². The largest absolute Gasteiger partial charge is 0.480 e. The minimum Gasteiger partial charge on any atom is -0.480 e. The summed E-state index contributed by atoms with van der Waals surface area (Å²) in [5.41, 5.74) is 1.55. The maximum absolute atomic E-state index is 11.0. The lowest BCUT2D eigenvalue weighted by molar-refractivity contribution is -0.137. The summed E-state index contributed by atoms with van der Waals surface area (Å²) in [5.74, 6) is -0.825. The zero-order valence-corrected chi connectivity index (χ0v) is 10.6. The normalized spacial score (nSPS) is 12.8. The first-order valence-corrected chi connectivity index (χ1v) is 5.87. The van der Waals surface area contributed by atoms with Gasteiger partial charge in [0.05, 0.1) is 11.4 Å². The molecule has 16 heavy (non-hydrogen) atoms. The molecule has 0 aliphatic carbocycles. The van der Waals surface area contributed by atoms with Crippen LogP contribution >= 0.6 is 11.8 Å². The van der Waals surface area contributed by atoms with Gasteiger partial charge in [0.15, 0.2) is 0 Å². The third-order valence-electron chi connectivity index (χ3n) is 2.15. The number of carboxylic acids is 1. The number of rotatable bonds is 4. The Bertz CT molecular complexity index is 396. The Labute approximate surface area is 98.7 Å². The Morgan fingerprint density at radius 2 is 1.88 bits per heavy atom. The summed E-state index contributed by atoms with van der Waals surface area (Å²) in [6.07, 6.45) is 0. The van der Waals surface area contributed by atoms with E-state index >= 15 is 0 Å². The van der Waals surface area contributed by atoms with Crippen LogP contribution in [0, 0.1) is 19.8 Å². The zero-order chi connectivity index (χ0) is 12.3. The van der Waals surface area contributed by atoms with Crippen LogP contribution in [0.1, 0.15) is 25.2 Å². The summed E-state index contributed by atoms with van der Waals surface area (Å²) in [7, 11) is 0. The highest BCUT2D eigenvalue weighted by molar-refractivity contribution is 8.00. The van der Waals surface area contributed by atoms with E-state index in [1.165, 1.54) is 0 Å². The summed E-state index contributed by atoms with van der Waals surface area (Å²) < 4.78 is 0. The van der Waals surface area contributed by atoms with Crippen molar-refractivity contribution in [3.63, 3.8) is 0 Å². The second kappa shape index (κ2) is 5.25. The fraction of sp³-hybridized carbons (Fsp3) is 0.600. The van der Waals surface area contributed by atoms with Crippen molar-refractivity contribution in [2.45, 2.75) is 38.1 Å². The number of carbonyl (C=O) groups is 1. The van der Waals surface area contributed by atoms with Crippen LogP contribution in [0.5, 0.6) is 0 Å². The second-order valence-electron chi connectivity index (χ2n) is 3.89. The number of aliphatic carboxylic acids is 1. The van der Waals surface area contributed by atoms with Gasteiger partial charge in [-0.3, -0.25) is 4.79 Å². The number of aromatic nitrogens is 3. The van der Waals surface area contributed by atoms with E-state index in [4.69, 9.17) is 5.11 Å². The van der Waals surface area contributed by atoms with Crippen LogP contribution in [0.4, 0.5) is 0 Å². The molecule has 0 fully saturated rings. The van der Waals surface area contributed by atoms with Crippen LogP contribution in [0.15, 0.2) is 5.16 Å². The Balaban J connectivity index is 2.86. The topological polar surface area (TPSA) is 76.0 Å². The van der Waals surface area contributed by atoms with Crippen molar-refractivity contribution in [1.29, 1.82) is 0 Å². The molecule has 0 radical (unpaired) electrons. The predicted octanol–water partition coefficient (Wildman–Crippen LogP) is 1.69. The Hall–Kier alpha value is -1.17. The molecule has 88 valence electrons. The predicted molar refractivity (Wildman–Crippen MR) is 61.4 cm³/mol. The van der Waals surface area contributed by atoms with Gasteiger partial charge in [-0.1, -0.05) is 25.6 Å². The van der Waals surface area contributed by atoms with Gasteiger partial charge < -0.3 is 5.11 Å². The minimum absolute atomic E-state index is 0.0210. The van der Waals surface area contributed by atoms with Crippen LogP contribution in [0.2, 0.25) is 0 Å². The number of hydrogen-bond donors (Lipinski definition) is 1. The molecule has 0 aliphatic heterocycles. The number of nitrogens with zero attached hydrogens (tertiary/aromatic N) is 3. The highest BCUT2D eigenvalue weighted by atomic mass is 32.2. The molecule has 0 aromatic carbocycles. The van der Waals surface area contributed by atoms with Crippen LogP contribution in [0.3, 0.4) is 0 Å². The van der Waals surface area contributed by atoms with Gasteiger partial charge in [-0.15, -0.1) is 5.10 Å². The summed E-state index contributed by atoms with van der Waals surface area (Å²) in [6, 6.07) is 0. The maximum atomic E-state index is 11.0. The SMILES string of the molecule is Cc1nnc(SC(C(=O)O)C(C)C)nc1C. The average Bonchev–Trinajstić information content (AvgIpc) is 2.18. The van der Waals surface area contributed by atoms with Gasteiger partial charge in [0.25, 0.3) is 0 Å². The molecule has 1 N–H and O–H groups in total. The van der Waals surface area contributed by atoms with E-state index in [-0.39, 0.29) is 5.92 Å². The first kappa shape index (κ1) is 12.9. The van der Waals surface area contributed by atoms with Crippen molar-refractivity contribution >= 4 is 17.7 Å². The number of aryl methyl sites for hydroxylation is 2. The van der Waals surface area contributed by atoms with E-state index in [0.717, 1.165) is 23.1 Å². The van der Waals surface area contributed by atoms with E-state index < -0.39 is 11.2 Å². The monoisotopic (exact) mass is 241 g/mol. The lowest BCUT2D eigenvalue weighted by atomic mass is 10.1. The van der Waals surface area contributed by atoms with Crippen molar-refractivity contribution in [1.82, 2.24) is 15.2 Å². The highest BCUT2D eigenvalue weighted by Gasteiger charge is 2.24. The molecule has 1 aromatic heterocycles. The molecule has 1 atom stereocenters. The van der Waals surface area contributed by atoms with E-state index in [0.29, 0.717) is 5.16 Å². The molecule has 0 aliphatic rings. The average molecular weight is 241 g/mol. The molecule has 1 heterocycles. The van der Waals surface area contributed by atoms with Crippen LogP contribution in [-0.2, 0) is 4.79 Å². The molecule has 0 amide bonds. The standard InChI is InChI=1S/C10H15N3O2S/c1-5(2)8(9(14)15)16-10-11-6(3)7(4)12-13-10/h5,8H,1-4H3,(H,14,15). The first-order valence-electron chi connectivity index (χ1n) is 4.99. The van der Waals surface area contributed by atoms with Gasteiger partial charge >= 0.3 is 5.97 Å². The second-order valence-corrected chi connectivity index (χ2v) is 4.99. The maximum Gasteiger partial charge on any atom is 0.317 e. The van der Waals surface area contributed by atoms with E-state index in [1.807, 2.05) is 27.7 Å². The van der Waals surface area contributed by atoms with Gasteiger partial charge in [-0.25, -0.2) is 4.98 Å². The summed E-state index contributed by atoms with van der Waals surface area (Å²) >= 11 is 1.14. The van der Waals surface area contributed by atoms with E-state index in [1.54, 1.807) is 0 Å². The van der Waals surface area contributed by atoms with Gasteiger partial charge in [0, 0.05) is 0 Å². The van der Waals surface area contributed by atoms with Crippen molar-refractivity contribution in [2.24, 2.45) is 5.92 Å². The lowest BCUT2D eigenvalue weighted by Gasteiger charge is -2.14. The fourth-order valence-corrected chi connectivity index (χ4v) is 1.95. The first-order chi connectivity index (χ1) is 7.41. The van der Waals surface area contributed by atoms with Crippen molar-refractivity contribution < 1.29 is 9.90 Å². The quantitative estimate of drug-likeness (QED) is 0.808. The summed E-state index contributed by atoms with van der Waals surface area (Å²) in [4.78, 5) is 15.2. The minimum atomic E-state index is -0.846. The fourth-order valence-electron chi connectivity index (χ4n) is 1.07. The molecular formula is C10H15N3O2S. The summed E-state index contributed by atoms with van der Waals surface area (Å²) in [6.45, 7) is 7.38. The molecule has 5 nitrogen and oxygen atoms in total. The van der Waals surface area contributed by atoms with Crippen LogP contribution < -0.4 is 0 Å². The molecule has 0 spiro atoms. The molecule has 1 unspecified atom stereocenters. The van der Waals surface area contributed by atoms with E-state index in [2.05, 4.69) is 15.2 Å². The molecule has 6 heteroatoms. The number of hydrogen-bond acceptors (Lipinski definition) is 5. The molecule has 0 bridgehead atoms. The molecular weight excluding hydrogens is 226 g/mol. The van der Waals surface area contributed by atoms with Crippen molar-refractivity contribution in [2.75, 3.05) is 0 Å². The molecule has 0 saturated heterocycles. The Morgan fingerprint density at radius 1 is 1.25 bits per heavy atom. The smallest absolute Gasteiger partial charge is 0.317 e. The molecule has 1 rings (SSSR count). The summed E-state index contributed by atoms with van der Waals surface area (Å²) in [5, 5.41) is 16.7. The number of thioether (sulfide) groups is 1. The highest BCUT2D eigenvalue weighted by Crippen LogP contribution is 2.25. The van der Waals surface area contributed by atoms with Gasteiger partial charge in [0.1, 0.15) is 5.25 Å². The van der Waals surface area contributed by atoms with Gasteiger partial charge in [0.2, 0.25) is 5.16 Å². The lowest BCUT2D eigenvalue weighted by Crippen LogP contribution is -2.23. The van der Waals surface area contributed by atoms with Gasteiger partial charge in [-0.05, 0) is 19.8 Å².